The molecule has 0 saturated heterocycles. The molecule has 1 aliphatic carbocycles. The largest absolute Gasteiger partial charge is 0.489 e. The summed E-state index contributed by atoms with van der Waals surface area (Å²) in [5.41, 5.74) is 5.67. The number of ether oxygens (including phenoxy) is 1. The van der Waals surface area contributed by atoms with Crippen molar-refractivity contribution in [1.29, 1.82) is 0 Å². The van der Waals surface area contributed by atoms with Gasteiger partial charge < -0.3 is 10.5 Å². The molecule has 1 aromatic carbocycles. The third-order valence-corrected chi connectivity index (χ3v) is 3.17. The van der Waals surface area contributed by atoms with Crippen molar-refractivity contribution >= 4 is 27.5 Å². The molecule has 2 nitrogen and oxygen atoms in total. The van der Waals surface area contributed by atoms with Crippen molar-refractivity contribution in [1.82, 2.24) is 0 Å². The first-order valence-electron chi connectivity index (χ1n) is 4.52. The molecule has 1 aromatic rings. The van der Waals surface area contributed by atoms with Gasteiger partial charge in [-0.3, -0.25) is 0 Å². The van der Waals surface area contributed by atoms with Crippen molar-refractivity contribution in [2.75, 3.05) is 0 Å². The molecule has 0 unspecified atom stereocenters. The number of hydrogen-bond acceptors (Lipinski definition) is 2. The standard InChI is InChI=1S/C10H11BrClNO/c11-9-3-6(12)1-2-10(9)14-8-4-7(13)5-8/h1-3,7-8H,4-5,13H2. The lowest BCUT2D eigenvalue weighted by molar-refractivity contribution is 0.100. The first kappa shape index (κ1) is 10.3. The summed E-state index contributed by atoms with van der Waals surface area (Å²) in [6, 6.07) is 5.83. The van der Waals surface area contributed by atoms with Crippen LogP contribution in [0.25, 0.3) is 0 Å². The summed E-state index contributed by atoms with van der Waals surface area (Å²) in [6.07, 6.45) is 2.15. The highest BCUT2D eigenvalue weighted by Crippen LogP contribution is 2.32. The molecule has 2 N–H and O–H groups in total. The molecule has 1 saturated carbocycles. The van der Waals surface area contributed by atoms with Crippen molar-refractivity contribution in [2.45, 2.75) is 25.0 Å². The molecule has 0 aromatic heterocycles. The zero-order valence-electron chi connectivity index (χ0n) is 7.54. The highest BCUT2D eigenvalue weighted by molar-refractivity contribution is 9.10. The van der Waals surface area contributed by atoms with Crippen LogP contribution >= 0.6 is 27.5 Å². The lowest BCUT2D eigenvalue weighted by Crippen LogP contribution is -2.43. The number of hydrogen-bond donors (Lipinski definition) is 1. The molecule has 0 spiro atoms. The van der Waals surface area contributed by atoms with E-state index in [1.165, 1.54) is 0 Å². The maximum atomic E-state index is 5.82. The van der Waals surface area contributed by atoms with E-state index in [0.29, 0.717) is 11.1 Å². The van der Waals surface area contributed by atoms with E-state index in [4.69, 9.17) is 22.1 Å². The number of rotatable bonds is 2. The number of halogens is 2. The molecular formula is C10H11BrClNO. The van der Waals surface area contributed by atoms with E-state index >= 15 is 0 Å². The minimum Gasteiger partial charge on any atom is -0.489 e. The maximum absolute atomic E-state index is 5.82. The van der Waals surface area contributed by atoms with Crippen LogP contribution in [0, 0.1) is 0 Å². The summed E-state index contributed by atoms with van der Waals surface area (Å²) >= 11 is 9.22. The van der Waals surface area contributed by atoms with Crippen molar-refractivity contribution in [3.8, 4) is 5.75 Å². The average Bonchev–Trinajstić information content (AvgIpc) is 2.06. The number of benzene rings is 1. The molecule has 0 bridgehead atoms. The summed E-state index contributed by atoms with van der Waals surface area (Å²) in [5.74, 6) is 0.839. The zero-order valence-corrected chi connectivity index (χ0v) is 9.88. The van der Waals surface area contributed by atoms with E-state index in [9.17, 15) is 0 Å². The van der Waals surface area contributed by atoms with Crippen molar-refractivity contribution in [2.24, 2.45) is 5.73 Å². The molecule has 76 valence electrons. The Bertz CT molecular complexity index is 339. The Balaban J connectivity index is 2.02. The summed E-state index contributed by atoms with van der Waals surface area (Å²) in [6.45, 7) is 0. The van der Waals surface area contributed by atoms with Gasteiger partial charge in [-0.1, -0.05) is 11.6 Å². The molecule has 0 atom stereocenters. The van der Waals surface area contributed by atoms with Gasteiger partial charge in [-0.2, -0.15) is 0 Å². The minimum absolute atomic E-state index is 0.266. The minimum atomic E-state index is 0.266. The van der Waals surface area contributed by atoms with Crippen molar-refractivity contribution in [3.63, 3.8) is 0 Å². The Morgan fingerprint density at radius 2 is 2.14 bits per heavy atom. The van der Waals surface area contributed by atoms with Crippen LogP contribution in [0.5, 0.6) is 5.75 Å². The van der Waals surface area contributed by atoms with Crippen molar-refractivity contribution < 1.29 is 4.74 Å². The molecule has 0 amide bonds. The smallest absolute Gasteiger partial charge is 0.133 e. The van der Waals surface area contributed by atoms with Crippen molar-refractivity contribution in [3.05, 3.63) is 27.7 Å². The van der Waals surface area contributed by atoms with Gasteiger partial charge in [0.1, 0.15) is 11.9 Å². The maximum Gasteiger partial charge on any atom is 0.133 e. The van der Waals surface area contributed by atoms with E-state index in [1.807, 2.05) is 18.2 Å². The molecule has 0 aliphatic heterocycles. The van der Waals surface area contributed by atoms with Crippen LogP contribution in [-0.4, -0.2) is 12.1 Å². The highest BCUT2D eigenvalue weighted by Gasteiger charge is 2.27. The lowest BCUT2D eigenvalue weighted by atomic mass is 9.90. The molecule has 14 heavy (non-hydrogen) atoms. The third-order valence-electron chi connectivity index (χ3n) is 2.32. The predicted molar refractivity (Wildman–Crippen MR) is 60.8 cm³/mol. The van der Waals surface area contributed by atoms with E-state index in [1.54, 1.807) is 0 Å². The predicted octanol–water partition coefficient (Wildman–Crippen LogP) is 2.97. The molecular weight excluding hydrogens is 265 g/mol. The summed E-state index contributed by atoms with van der Waals surface area (Å²) in [7, 11) is 0. The Kier molecular flexibility index (Phi) is 3.00. The van der Waals surface area contributed by atoms with Crippen LogP contribution in [0.15, 0.2) is 22.7 Å². The second kappa shape index (κ2) is 4.09. The average molecular weight is 277 g/mol. The first-order chi connectivity index (χ1) is 6.65. The van der Waals surface area contributed by atoms with Crippen LogP contribution in [0.3, 0.4) is 0 Å². The Morgan fingerprint density at radius 1 is 1.43 bits per heavy atom. The van der Waals surface area contributed by atoms with Gasteiger partial charge in [0.05, 0.1) is 4.47 Å². The van der Waals surface area contributed by atoms with Gasteiger partial charge in [-0.05, 0) is 47.0 Å². The van der Waals surface area contributed by atoms with E-state index in [-0.39, 0.29) is 6.10 Å². The van der Waals surface area contributed by atoms with Crippen LogP contribution in [0.2, 0.25) is 5.02 Å². The highest BCUT2D eigenvalue weighted by atomic mass is 79.9. The molecule has 0 radical (unpaired) electrons. The molecule has 1 fully saturated rings. The molecule has 4 heteroatoms. The van der Waals surface area contributed by atoms with Gasteiger partial charge in [-0.15, -0.1) is 0 Å². The fourth-order valence-corrected chi connectivity index (χ4v) is 2.23. The normalized spacial score (nSPS) is 25.6. The number of nitrogens with two attached hydrogens (primary N) is 1. The van der Waals surface area contributed by atoms with Gasteiger partial charge in [0.25, 0.3) is 0 Å². The van der Waals surface area contributed by atoms with Gasteiger partial charge in [0, 0.05) is 11.1 Å². The van der Waals surface area contributed by atoms with Gasteiger partial charge in [0.15, 0.2) is 0 Å². The van der Waals surface area contributed by atoms with E-state index in [0.717, 1.165) is 23.1 Å². The van der Waals surface area contributed by atoms with Crippen LogP contribution in [0.1, 0.15) is 12.8 Å². The van der Waals surface area contributed by atoms with E-state index < -0.39 is 0 Å². The first-order valence-corrected chi connectivity index (χ1v) is 5.69. The fourth-order valence-electron chi connectivity index (χ4n) is 1.45. The van der Waals surface area contributed by atoms with Crippen LogP contribution in [-0.2, 0) is 0 Å². The van der Waals surface area contributed by atoms with Crippen LogP contribution < -0.4 is 10.5 Å². The fraction of sp³-hybridized carbons (Fsp3) is 0.400. The third kappa shape index (κ3) is 2.22. The summed E-state index contributed by atoms with van der Waals surface area (Å²) < 4.78 is 6.61. The molecule has 1 aliphatic rings. The quantitative estimate of drug-likeness (QED) is 0.901. The van der Waals surface area contributed by atoms with Crippen LogP contribution in [0.4, 0.5) is 0 Å². The van der Waals surface area contributed by atoms with Gasteiger partial charge in [-0.25, -0.2) is 0 Å². The SMILES string of the molecule is NC1CC(Oc2ccc(Cl)cc2Br)C1. The topological polar surface area (TPSA) is 35.2 Å². The lowest BCUT2D eigenvalue weighted by Gasteiger charge is -2.32. The Labute approximate surface area is 96.5 Å². The molecule has 2 rings (SSSR count). The summed E-state index contributed by atoms with van der Waals surface area (Å²) in [5, 5.41) is 0.703. The Hall–Kier alpha value is -0.250. The van der Waals surface area contributed by atoms with Gasteiger partial charge in [0.2, 0.25) is 0 Å². The second-order valence-corrected chi connectivity index (χ2v) is 4.84. The summed E-state index contributed by atoms with van der Waals surface area (Å²) in [4.78, 5) is 0. The van der Waals surface area contributed by atoms with Gasteiger partial charge >= 0.3 is 0 Å². The zero-order chi connectivity index (χ0) is 10.1. The monoisotopic (exact) mass is 275 g/mol. The van der Waals surface area contributed by atoms with E-state index in [2.05, 4.69) is 15.9 Å². The second-order valence-electron chi connectivity index (χ2n) is 3.55. The Morgan fingerprint density at radius 3 is 2.71 bits per heavy atom. The molecule has 0 heterocycles.